The summed E-state index contributed by atoms with van der Waals surface area (Å²) in [6, 6.07) is 5.05. The van der Waals surface area contributed by atoms with Crippen molar-refractivity contribution in [2.45, 2.75) is 26.3 Å². The van der Waals surface area contributed by atoms with E-state index in [9.17, 15) is 4.79 Å². The molecule has 0 aliphatic rings. The van der Waals surface area contributed by atoms with Crippen LogP contribution in [0.2, 0.25) is 0 Å². The molecule has 0 aliphatic heterocycles. The van der Waals surface area contributed by atoms with Gasteiger partial charge < -0.3 is 11.1 Å². The van der Waals surface area contributed by atoms with Crippen molar-refractivity contribution in [1.29, 1.82) is 5.41 Å². The van der Waals surface area contributed by atoms with Crippen LogP contribution in [0.4, 0.5) is 4.79 Å². The quantitative estimate of drug-likeness (QED) is 0.417. The van der Waals surface area contributed by atoms with Crippen molar-refractivity contribution in [2.75, 3.05) is 6.54 Å². The van der Waals surface area contributed by atoms with Gasteiger partial charge in [-0.3, -0.25) is 15.3 Å². The number of unbranched alkanes of at least 4 members (excludes halogenated alkanes) is 1. The standard InChI is InChI=1S/C12H19N5O/c1-2-3-7-16-12(18)17(11(13)14)9-10-6-4-5-8-15-10/h4-6,8H,2-3,7,9H2,1H3,(H3,13,14)(H,16,18). The summed E-state index contributed by atoms with van der Waals surface area (Å²) in [5.41, 5.74) is 6.10. The molecule has 0 saturated carbocycles. The Labute approximate surface area is 107 Å². The molecule has 1 rings (SSSR count). The summed E-state index contributed by atoms with van der Waals surface area (Å²) in [6.07, 6.45) is 3.55. The molecule has 0 radical (unpaired) electrons. The van der Waals surface area contributed by atoms with Crippen LogP contribution < -0.4 is 11.1 Å². The molecule has 98 valence electrons. The van der Waals surface area contributed by atoms with Crippen molar-refractivity contribution in [1.82, 2.24) is 15.2 Å². The Bertz CT molecular complexity index is 393. The summed E-state index contributed by atoms with van der Waals surface area (Å²) in [6.45, 7) is 2.83. The van der Waals surface area contributed by atoms with E-state index < -0.39 is 0 Å². The first-order chi connectivity index (χ1) is 8.65. The van der Waals surface area contributed by atoms with Gasteiger partial charge >= 0.3 is 6.03 Å². The van der Waals surface area contributed by atoms with Crippen LogP contribution in [0.3, 0.4) is 0 Å². The number of carbonyl (C=O) groups is 1. The summed E-state index contributed by atoms with van der Waals surface area (Å²) in [7, 11) is 0. The van der Waals surface area contributed by atoms with Crippen molar-refractivity contribution >= 4 is 12.0 Å². The molecule has 6 nitrogen and oxygen atoms in total. The van der Waals surface area contributed by atoms with Crippen molar-refractivity contribution in [3.05, 3.63) is 30.1 Å². The topological polar surface area (TPSA) is 95.1 Å². The normalized spacial score (nSPS) is 9.83. The average Bonchev–Trinajstić information content (AvgIpc) is 2.37. The van der Waals surface area contributed by atoms with Gasteiger partial charge in [-0.15, -0.1) is 0 Å². The molecule has 2 amide bonds. The average molecular weight is 249 g/mol. The molecule has 0 spiro atoms. The first-order valence-corrected chi connectivity index (χ1v) is 5.94. The second-order valence-corrected chi connectivity index (χ2v) is 3.88. The van der Waals surface area contributed by atoms with Crippen LogP contribution in [0.25, 0.3) is 0 Å². The Morgan fingerprint density at radius 2 is 2.33 bits per heavy atom. The Balaban J connectivity index is 2.60. The summed E-state index contributed by atoms with van der Waals surface area (Å²) in [5, 5.41) is 10.2. The zero-order valence-corrected chi connectivity index (χ0v) is 10.5. The van der Waals surface area contributed by atoms with Gasteiger partial charge in [0.25, 0.3) is 0 Å². The fourth-order valence-electron chi connectivity index (χ4n) is 1.39. The number of hydrogen-bond acceptors (Lipinski definition) is 3. The van der Waals surface area contributed by atoms with Gasteiger partial charge in [-0.25, -0.2) is 4.79 Å². The number of nitrogens with one attached hydrogen (secondary N) is 2. The molecule has 0 bridgehead atoms. The first-order valence-electron chi connectivity index (χ1n) is 5.94. The van der Waals surface area contributed by atoms with E-state index in [1.165, 1.54) is 0 Å². The number of rotatable bonds is 5. The highest BCUT2D eigenvalue weighted by molar-refractivity contribution is 5.93. The lowest BCUT2D eigenvalue weighted by atomic mass is 10.3. The molecule has 18 heavy (non-hydrogen) atoms. The number of hydrogen-bond donors (Lipinski definition) is 3. The van der Waals surface area contributed by atoms with E-state index in [0.29, 0.717) is 12.2 Å². The van der Waals surface area contributed by atoms with Gasteiger partial charge in [0.1, 0.15) is 0 Å². The molecule has 4 N–H and O–H groups in total. The largest absolute Gasteiger partial charge is 0.370 e. The maximum atomic E-state index is 11.8. The van der Waals surface area contributed by atoms with Crippen molar-refractivity contribution in [2.24, 2.45) is 5.73 Å². The number of amides is 2. The van der Waals surface area contributed by atoms with Crippen LogP contribution in [0.1, 0.15) is 25.5 Å². The molecule has 1 heterocycles. The van der Waals surface area contributed by atoms with Crippen molar-refractivity contribution < 1.29 is 4.79 Å². The first kappa shape index (κ1) is 14.0. The highest BCUT2D eigenvalue weighted by atomic mass is 16.2. The van der Waals surface area contributed by atoms with Crippen molar-refractivity contribution in [3.63, 3.8) is 0 Å². The van der Waals surface area contributed by atoms with Crippen LogP contribution in [0.5, 0.6) is 0 Å². The number of urea groups is 1. The van der Waals surface area contributed by atoms with Gasteiger partial charge in [0.2, 0.25) is 0 Å². The van der Waals surface area contributed by atoms with E-state index in [4.69, 9.17) is 11.1 Å². The van der Waals surface area contributed by atoms with E-state index in [1.54, 1.807) is 18.3 Å². The third-order valence-electron chi connectivity index (χ3n) is 2.39. The zero-order chi connectivity index (χ0) is 13.4. The lowest BCUT2D eigenvalue weighted by Gasteiger charge is -2.20. The van der Waals surface area contributed by atoms with Crippen LogP contribution in [-0.4, -0.2) is 28.4 Å². The fraction of sp³-hybridized carbons (Fsp3) is 0.417. The van der Waals surface area contributed by atoms with Gasteiger partial charge in [0, 0.05) is 12.7 Å². The third kappa shape index (κ3) is 4.40. The maximum Gasteiger partial charge on any atom is 0.324 e. The monoisotopic (exact) mass is 249 g/mol. The van der Waals surface area contributed by atoms with Gasteiger partial charge in [0.15, 0.2) is 5.96 Å². The van der Waals surface area contributed by atoms with E-state index in [1.807, 2.05) is 13.0 Å². The molecule has 0 aromatic carbocycles. The number of pyridine rings is 1. The molecule has 1 aromatic rings. The summed E-state index contributed by atoms with van der Waals surface area (Å²) < 4.78 is 0. The second kappa shape index (κ2) is 7.26. The summed E-state index contributed by atoms with van der Waals surface area (Å²) in [5.74, 6) is -0.283. The predicted molar refractivity (Wildman–Crippen MR) is 70.0 cm³/mol. The minimum absolute atomic E-state index is 0.203. The van der Waals surface area contributed by atoms with Gasteiger partial charge in [-0.2, -0.15) is 0 Å². The molecule has 0 aliphatic carbocycles. The lowest BCUT2D eigenvalue weighted by molar-refractivity contribution is 0.218. The minimum Gasteiger partial charge on any atom is -0.370 e. The molecule has 0 unspecified atom stereocenters. The number of nitrogens with zero attached hydrogens (tertiary/aromatic N) is 2. The number of nitrogens with two attached hydrogens (primary N) is 1. The van der Waals surface area contributed by atoms with E-state index in [2.05, 4.69) is 10.3 Å². The van der Waals surface area contributed by atoms with Crippen LogP contribution in [0.15, 0.2) is 24.4 Å². The molecule has 6 heteroatoms. The number of carbonyl (C=O) groups excluding carboxylic acids is 1. The predicted octanol–water partition coefficient (Wildman–Crippen LogP) is 1.29. The van der Waals surface area contributed by atoms with E-state index in [0.717, 1.165) is 17.7 Å². The Kier molecular flexibility index (Phi) is 5.63. The Morgan fingerprint density at radius 3 is 2.89 bits per heavy atom. The molecule has 1 aromatic heterocycles. The SMILES string of the molecule is CCCCNC(=O)N(Cc1ccccn1)C(=N)N. The lowest BCUT2D eigenvalue weighted by Crippen LogP contribution is -2.46. The third-order valence-corrected chi connectivity index (χ3v) is 2.39. The maximum absolute atomic E-state index is 11.8. The van der Waals surface area contributed by atoms with Gasteiger partial charge in [-0.1, -0.05) is 19.4 Å². The van der Waals surface area contributed by atoms with Gasteiger partial charge in [-0.05, 0) is 18.6 Å². The summed E-state index contributed by atoms with van der Waals surface area (Å²) in [4.78, 5) is 17.1. The molecule has 0 fully saturated rings. The molecule has 0 saturated heterocycles. The smallest absolute Gasteiger partial charge is 0.324 e. The van der Waals surface area contributed by atoms with E-state index >= 15 is 0 Å². The fourth-order valence-corrected chi connectivity index (χ4v) is 1.39. The highest BCUT2D eigenvalue weighted by Gasteiger charge is 2.16. The molecular weight excluding hydrogens is 230 g/mol. The van der Waals surface area contributed by atoms with Crippen LogP contribution in [-0.2, 0) is 6.54 Å². The van der Waals surface area contributed by atoms with Crippen molar-refractivity contribution in [3.8, 4) is 0 Å². The highest BCUT2D eigenvalue weighted by Crippen LogP contribution is 2.01. The van der Waals surface area contributed by atoms with Crippen LogP contribution in [0, 0.1) is 5.41 Å². The number of guanidine groups is 1. The summed E-state index contributed by atoms with van der Waals surface area (Å²) >= 11 is 0. The van der Waals surface area contributed by atoms with E-state index in [-0.39, 0.29) is 18.5 Å². The Morgan fingerprint density at radius 1 is 1.56 bits per heavy atom. The Hall–Kier alpha value is -2.11. The van der Waals surface area contributed by atoms with Gasteiger partial charge in [0.05, 0.1) is 12.2 Å². The minimum atomic E-state index is -0.360. The molecule has 0 atom stereocenters. The zero-order valence-electron chi connectivity index (χ0n) is 10.5. The number of aromatic nitrogens is 1. The molecular formula is C12H19N5O. The second-order valence-electron chi connectivity index (χ2n) is 3.88. The van der Waals surface area contributed by atoms with Crippen LogP contribution >= 0.6 is 0 Å².